The predicted molar refractivity (Wildman–Crippen MR) is 54.2 cm³/mol. The Morgan fingerprint density at radius 3 is 3.08 bits per heavy atom. The van der Waals surface area contributed by atoms with Crippen molar-refractivity contribution in [1.29, 1.82) is 0 Å². The number of rotatable bonds is 4. The van der Waals surface area contributed by atoms with E-state index >= 15 is 0 Å². The van der Waals surface area contributed by atoms with Crippen molar-refractivity contribution in [1.82, 2.24) is 0 Å². The second-order valence-electron chi connectivity index (χ2n) is 2.65. The van der Waals surface area contributed by atoms with Crippen LogP contribution < -0.4 is 0 Å². The van der Waals surface area contributed by atoms with Crippen LogP contribution in [-0.4, -0.2) is 6.61 Å². The average Bonchev–Trinajstić information content (AvgIpc) is 2.19. The molecule has 0 aliphatic carbocycles. The van der Waals surface area contributed by atoms with Crippen molar-refractivity contribution in [2.75, 3.05) is 6.61 Å². The predicted octanol–water partition coefficient (Wildman–Crippen LogP) is 2.37. The third kappa shape index (κ3) is 3.14. The van der Waals surface area contributed by atoms with Gasteiger partial charge in [0.2, 0.25) is 0 Å². The normalized spacial score (nSPS) is 9.15. The van der Waals surface area contributed by atoms with Crippen LogP contribution in [0.2, 0.25) is 0 Å². The molecule has 0 heterocycles. The molecule has 0 fully saturated rings. The number of benzene rings is 1. The Kier molecular flexibility index (Phi) is 3.81. The number of terminal acetylenes is 1. The van der Waals surface area contributed by atoms with Crippen molar-refractivity contribution in [2.45, 2.75) is 6.61 Å². The van der Waals surface area contributed by atoms with Gasteiger partial charge in [-0.1, -0.05) is 24.1 Å². The van der Waals surface area contributed by atoms with Crippen LogP contribution in [0.4, 0.5) is 0 Å². The molecule has 0 bridgehead atoms. The highest BCUT2D eigenvalue weighted by atomic mass is 16.5. The van der Waals surface area contributed by atoms with Crippen molar-refractivity contribution in [3.8, 4) is 12.3 Å². The van der Waals surface area contributed by atoms with Crippen molar-refractivity contribution in [3.63, 3.8) is 0 Å². The minimum absolute atomic E-state index is 0.570. The molecule has 0 saturated heterocycles. The molecule has 0 aromatic heterocycles. The second-order valence-corrected chi connectivity index (χ2v) is 2.65. The maximum absolute atomic E-state index is 5.28. The maximum Gasteiger partial charge on any atom is 0.0721 e. The summed E-state index contributed by atoms with van der Waals surface area (Å²) in [6.07, 6.45) is 6.99. The third-order valence-corrected chi connectivity index (χ3v) is 1.60. The summed E-state index contributed by atoms with van der Waals surface area (Å²) >= 11 is 0. The summed E-state index contributed by atoms with van der Waals surface area (Å²) < 4.78 is 5.28. The highest BCUT2D eigenvalue weighted by molar-refractivity contribution is 5.34. The molecule has 0 N–H and O–H groups in total. The highest BCUT2D eigenvalue weighted by Gasteiger charge is 1.92. The van der Waals surface area contributed by atoms with Crippen LogP contribution in [0.5, 0.6) is 0 Å². The summed E-state index contributed by atoms with van der Waals surface area (Å²) in [5.41, 5.74) is 1.98. The molecular formula is C12H12O. The monoisotopic (exact) mass is 172 g/mol. The standard InChI is InChI=1S/C12H12O/c1-3-8-13-10-12-7-5-6-11(4-2)9-12/h2-3,5-7,9H,1,8,10H2. The SMILES string of the molecule is C#Cc1cccc(COCC=C)c1. The lowest BCUT2D eigenvalue weighted by atomic mass is 10.1. The lowest BCUT2D eigenvalue weighted by Crippen LogP contribution is -1.92. The summed E-state index contributed by atoms with van der Waals surface area (Å²) in [5.74, 6) is 2.58. The molecule has 1 nitrogen and oxygen atoms in total. The zero-order chi connectivity index (χ0) is 9.52. The van der Waals surface area contributed by atoms with E-state index in [2.05, 4.69) is 12.5 Å². The van der Waals surface area contributed by atoms with Crippen molar-refractivity contribution in [3.05, 3.63) is 48.0 Å². The molecule has 66 valence electrons. The first kappa shape index (κ1) is 9.57. The Bertz CT molecular complexity index is 320. The van der Waals surface area contributed by atoms with E-state index in [0.29, 0.717) is 13.2 Å². The van der Waals surface area contributed by atoms with Gasteiger partial charge in [-0.3, -0.25) is 0 Å². The smallest absolute Gasteiger partial charge is 0.0721 e. The molecule has 0 amide bonds. The Labute approximate surface area is 79.0 Å². The molecule has 0 saturated carbocycles. The average molecular weight is 172 g/mol. The fourth-order valence-corrected chi connectivity index (χ4v) is 1.01. The lowest BCUT2D eigenvalue weighted by Gasteiger charge is -2.01. The van der Waals surface area contributed by atoms with E-state index < -0.39 is 0 Å². The summed E-state index contributed by atoms with van der Waals surface area (Å²) in [4.78, 5) is 0. The summed E-state index contributed by atoms with van der Waals surface area (Å²) in [7, 11) is 0. The molecule has 1 heteroatoms. The third-order valence-electron chi connectivity index (χ3n) is 1.60. The first-order chi connectivity index (χ1) is 6.36. The molecular weight excluding hydrogens is 160 g/mol. The van der Waals surface area contributed by atoms with E-state index in [4.69, 9.17) is 11.2 Å². The fraction of sp³-hybridized carbons (Fsp3) is 0.167. The van der Waals surface area contributed by atoms with E-state index in [0.717, 1.165) is 11.1 Å². The Hall–Kier alpha value is -1.52. The molecule has 1 rings (SSSR count). The Morgan fingerprint density at radius 2 is 2.38 bits per heavy atom. The molecule has 1 aromatic carbocycles. The lowest BCUT2D eigenvalue weighted by molar-refractivity contribution is 0.149. The highest BCUT2D eigenvalue weighted by Crippen LogP contribution is 2.05. The first-order valence-electron chi connectivity index (χ1n) is 4.11. The molecule has 1 aromatic rings. The molecule has 0 unspecified atom stereocenters. The van der Waals surface area contributed by atoms with Crippen molar-refractivity contribution < 1.29 is 4.74 Å². The zero-order valence-corrected chi connectivity index (χ0v) is 7.49. The van der Waals surface area contributed by atoms with Gasteiger partial charge in [0.15, 0.2) is 0 Å². The topological polar surface area (TPSA) is 9.23 Å². The maximum atomic E-state index is 5.28. The van der Waals surface area contributed by atoms with Crippen molar-refractivity contribution in [2.24, 2.45) is 0 Å². The minimum atomic E-state index is 0.570. The van der Waals surface area contributed by atoms with Gasteiger partial charge in [0.25, 0.3) is 0 Å². The van der Waals surface area contributed by atoms with Crippen LogP contribution in [-0.2, 0) is 11.3 Å². The van der Waals surface area contributed by atoms with Gasteiger partial charge < -0.3 is 4.74 Å². The van der Waals surface area contributed by atoms with E-state index in [1.54, 1.807) is 6.08 Å². The van der Waals surface area contributed by atoms with Crippen molar-refractivity contribution >= 4 is 0 Å². The van der Waals surface area contributed by atoms with Crippen LogP contribution in [0.1, 0.15) is 11.1 Å². The minimum Gasteiger partial charge on any atom is -0.373 e. The largest absolute Gasteiger partial charge is 0.373 e. The van der Waals surface area contributed by atoms with Crippen LogP contribution in [0.3, 0.4) is 0 Å². The molecule has 0 atom stereocenters. The summed E-state index contributed by atoms with van der Waals surface area (Å²) in [6.45, 7) is 4.72. The van der Waals surface area contributed by atoms with Crippen LogP contribution in [0.25, 0.3) is 0 Å². The van der Waals surface area contributed by atoms with Gasteiger partial charge in [0.1, 0.15) is 0 Å². The van der Waals surface area contributed by atoms with Crippen LogP contribution >= 0.6 is 0 Å². The van der Waals surface area contributed by atoms with Gasteiger partial charge in [-0.25, -0.2) is 0 Å². The van der Waals surface area contributed by atoms with Gasteiger partial charge >= 0.3 is 0 Å². The van der Waals surface area contributed by atoms with Gasteiger partial charge in [-0.05, 0) is 17.7 Å². The van der Waals surface area contributed by atoms with Gasteiger partial charge in [0.05, 0.1) is 13.2 Å². The molecule has 0 radical (unpaired) electrons. The Morgan fingerprint density at radius 1 is 1.54 bits per heavy atom. The van der Waals surface area contributed by atoms with Crippen LogP contribution in [0.15, 0.2) is 36.9 Å². The van der Waals surface area contributed by atoms with Crippen LogP contribution in [0, 0.1) is 12.3 Å². The van der Waals surface area contributed by atoms with Gasteiger partial charge in [0, 0.05) is 5.56 Å². The molecule has 0 aliphatic heterocycles. The number of ether oxygens (including phenoxy) is 1. The van der Waals surface area contributed by atoms with E-state index in [1.807, 2.05) is 24.3 Å². The van der Waals surface area contributed by atoms with E-state index in [9.17, 15) is 0 Å². The number of hydrogen-bond acceptors (Lipinski definition) is 1. The zero-order valence-electron chi connectivity index (χ0n) is 7.49. The first-order valence-corrected chi connectivity index (χ1v) is 4.11. The number of hydrogen-bond donors (Lipinski definition) is 0. The fourth-order valence-electron chi connectivity index (χ4n) is 1.01. The molecule has 13 heavy (non-hydrogen) atoms. The quantitative estimate of drug-likeness (QED) is 0.385. The van der Waals surface area contributed by atoms with Gasteiger partial charge in [-0.15, -0.1) is 13.0 Å². The van der Waals surface area contributed by atoms with E-state index in [1.165, 1.54) is 0 Å². The molecule has 0 spiro atoms. The van der Waals surface area contributed by atoms with E-state index in [-0.39, 0.29) is 0 Å². The Balaban J connectivity index is 2.57. The summed E-state index contributed by atoms with van der Waals surface area (Å²) in [6, 6.07) is 7.77. The summed E-state index contributed by atoms with van der Waals surface area (Å²) in [5, 5.41) is 0. The second kappa shape index (κ2) is 5.18. The molecule has 0 aliphatic rings. The van der Waals surface area contributed by atoms with Gasteiger partial charge in [-0.2, -0.15) is 0 Å².